The predicted molar refractivity (Wildman–Crippen MR) is 269 cm³/mol. The molecule has 1 unspecified atom stereocenters. The van der Waals surface area contributed by atoms with E-state index in [-0.39, 0.29) is 21.5 Å². The molecule has 3 fully saturated rings. The Hall–Kier alpha value is -7.22. The number of pyridine rings is 1. The Morgan fingerprint density at radius 1 is 0.778 bits per heavy atom. The monoisotopic (exact) mass is 1150 g/mol. The third-order valence-corrected chi connectivity index (χ3v) is 14.9. The quantitative estimate of drug-likeness (QED) is 0.0396. The molecule has 440 valence electrons. The number of nitrogens with zero attached hydrogens (tertiary/aromatic N) is 6. The lowest BCUT2D eigenvalue weighted by Crippen LogP contribution is -2.63. The Balaban J connectivity index is 1.17. The number of fused-ring (bicyclic) bond motifs is 1. The molecule has 3 aliphatic heterocycles. The topological polar surface area (TPSA) is 205 Å². The number of rotatable bonds is 19. The molecule has 0 saturated carbocycles. The van der Waals surface area contributed by atoms with Crippen molar-refractivity contribution in [3.63, 3.8) is 0 Å². The summed E-state index contributed by atoms with van der Waals surface area (Å²) >= 11 is 0. The number of carbonyl (C=O) groups is 4. The predicted octanol–water partition coefficient (Wildman–Crippen LogP) is 6.33. The minimum absolute atomic E-state index is 0.199. The fraction of sp³-hybridized carbons (Fsp3) is 0.509. The molecule has 2 aromatic heterocycles. The summed E-state index contributed by atoms with van der Waals surface area (Å²) in [7, 11) is 1.60. The molecule has 0 bridgehead atoms. The minimum Gasteiger partial charge on any atom is -0.453 e. The number of anilines is 1. The SMILES string of the molecule is COC(=O)NC(C(=O)N[C@@H](Cc1ccc(C#Cc2ccc(N3C[C@@H]4CN(C5COC5)C[C@@H]4C3)nc2)cc1)[C@@H](O)CN(Cc1c(F)cc(-c2ccn(C(F)F)n2)cc1F)NC(=O)[C@@H](NC(=O)OC)C(C)(C)C(F)(F)F)C(C)(C)C(F)(F)F. The van der Waals surface area contributed by atoms with Crippen molar-refractivity contribution in [3.8, 4) is 23.1 Å². The van der Waals surface area contributed by atoms with Gasteiger partial charge in [-0.2, -0.15) is 40.2 Å². The van der Waals surface area contributed by atoms with E-state index in [1.54, 1.807) is 23.6 Å². The van der Waals surface area contributed by atoms with Crippen LogP contribution >= 0.6 is 0 Å². The fourth-order valence-electron chi connectivity index (χ4n) is 9.51. The van der Waals surface area contributed by atoms with Gasteiger partial charge in [-0.1, -0.05) is 24.0 Å². The number of likely N-dealkylation sites (tertiary alicyclic amines) is 1. The number of aliphatic hydroxyl groups is 1. The maximum absolute atomic E-state index is 16.0. The van der Waals surface area contributed by atoms with Crippen LogP contribution in [0.4, 0.5) is 59.3 Å². The molecule has 4 aromatic rings. The first-order valence-electron chi connectivity index (χ1n) is 25.3. The Morgan fingerprint density at radius 2 is 1.32 bits per heavy atom. The number of benzene rings is 2. The van der Waals surface area contributed by atoms with Crippen molar-refractivity contribution in [2.45, 2.75) is 89.8 Å². The van der Waals surface area contributed by atoms with Gasteiger partial charge < -0.3 is 40.2 Å². The molecule has 28 heteroatoms. The summed E-state index contributed by atoms with van der Waals surface area (Å²) in [6.07, 6.45) is -13.5. The number of hydrazine groups is 1. The van der Waals surface area contributed by atoms with E-state index in [0.29, 0.717) is 73.8 Å². The van der Waals surface area contributed by atoms with Gasteiger partial charge >= 0.3 is 31.1 Å². The van der Waals surface area contributed by atoms with E-state index in [1.165, 1.54) is 12.1 Å². The van der Waals surface area contributed by atoms with E-state index in [9.17, 15) is 59.4 Å². The number of amides is 4. The molecule has 5 N–H and O–H groups in total. The number of halogens is 10. The van der Waals surface area contributed by atoms with Crippen molar-refractivity contribution in [2.24, 2.45) is 22.7 Å². The third-order valence-electron chi connectivity index (χ3n) is 14.9. The van der Waals surface area contributed by atoms with Gasteiger partial charge in [0.2, 0.25) is 5.91 Å². The van der Waals surface area contributed by atoms with Crippen molar-refractivity contribution >= 4 is 29.8 Å². The standard InChI is InChI=1S/C53H60F10N10O8/c1-50(2,52(58,59)60)43(66-48(77)79-5)45(75)65-40(17-30-10-7-29(8-11-30)9-12-31-13-14-42(64-20-31)71-23-33-21-70(22-34(33)24-71)35-27-81-28-35)41(74)26-72(69-46(76)44(67-49(78)80-6)51(3,4)53(61,62)63)25-36-37(54)18-32(19-38(36)55)39-15-16-73(68-39)47(56)57/h7-8,10-11,13-16,18-20,33-35,40-41,43-44,47,74H,17,21-28H2,1-6H3,(H,65,75)(H,66,77)(H,67,78)(H,69,76)/t33-,34+,40-,41-,43?,44+/m0/s1. The molecule has 6 atom stereocenters. The summed E-state index contributed by atoms with van der Waals surface area (Å²) in [5.41, 5.74) is -4.41. The van der Waals surface area contributed by atoms with Crippen LogP contribution in [-0.2, 0) is 36.8 Å². The zero-order chi connectivity index (χ0) is 59.4. The van der Waals surface area contributed by atoms with Crippen LogP contribution in [0, 0.1) is 46.1 Å². The molecule has 18 nitrogen and oxygen atoms in total. The van der Waals surface area contributed by atoms with Crippen molar-refractivity contribution < 1.29 is 82.4 Å². The van der Waals surface area contributed by atoms with Crippen molar-refractivity contribution in [1.29, 1.82) is 0 Å². The Bertz CT molecular complexity index is 2910. The molecule has 3 saturated heterocycles. The number of nitrogens with one attached hydrogen (secondary N) is 4. The molecule has 2 aromatic carbocycles. The van der Waals surface area contributed by atoms with Gasteiger partial charge in [0.25, 0.3) is 5.91 Å². The Morgan fingerprint density at radius 3 is 1.80 bits per heavy atom. The molecule has 7 rings (SSSR count). The highest BCUT2D eigenvalue weighted by atomic mass is 19.4. The number of carbonyl (C=O) groups excluding carboxylic acids is 4. The van der Waals surface area contributed by atoms with Crippen LogP contribution < -0.4 is 26.3 Å². The van der Waals surface area contributed by atoms with E-state index in [1.807, 2.05) is 22.9 Å². The molecule has 5 heterocycles. The molecule has 0 aliphatic carbocycles. The minimum atomic E-state index is -5.23. The number of ether oxygens (including phenoxy) is 3. The fourth-order valence-corrected chi connectivity index (χ4v) is 9.51. The zero-order valence-electron chi connectivity index (χ0n) is 44.6. The number of alkyl halides is 8. The van der Waals surface area contributed by atoms with Crippen molar-refractivity contribution in [1.82, 2.24) is 46.0 Å². The number of alkyl carbamates (subject to hydrolysis) is 2. The second-order valence-corrected chi connectivity index (χ2v) is 21.1. The number of hydrogen-bond acceptors (Lipinski definition) is 13. The van der Waals surface area contributed by atoms with Gasteiger partial charge in [0.1, 0.15) is 29.5 Å². The van der Waals surface area contributed by atoms with Gasteiger partial charge in [0, 0.05) is 73.9 Å². The highest BCUT2D eigenvalue weighted by molar-refractivity contribution is 5.87. The molecule has 81 heavy (non-hydrogen) atoms. The summed E-state index contributed by atoms with van der Waals surface area (Å²) in [6.45, 7) is 2.21. The van der Waals surface area contributed by atoms with Crippen LogP contribution in [0.3, 0.4) is 0 Å². The van der Waals surface area contributed by atoms with Gasteiger partial charge in [-0.3, -0.25) is 19.9 Å². The van der Waals surface area contributed by atoms with Gasteiger partial charge in [0.15, 0.2) is 0 Å². The lowest BCUT2D eigenvalue weighted by atomic mass is 9.82. The first kappa shape index (κ1) is 61.4. The van der Waals surface area contributed by atoms with Crippen LogP contribution in [0.25, 0.3) is 11.3 Å². The maximum atomic E-state index is 16.0. The second-order valence-electron chi connectivity index (χ2n) is 21.1. The number of aromatic nitrogens is 3. The van der Waals surface area contributed by atoms with Crippen LogP contribution in [0.15, 0.2) is 67.0 Å². The molecular formula is C53H60F10N10O8. The molecule has 0 spiro atoms. The van der Waals surface area contributed by atoms with Gasteiger partial charge in [0.05, 0.1) is 62.1 Å². The Kier molecular flexibility index (Phi) is 18.9. The van der Waals surface area contributed by atoms with Gasteiger partial charge in [-0.25, -0.2) is 33.0 Å². The summed E-state index contributed by atoms with van der Waals surface area (Å²) in [5, 5.41) is 22.1. The molecule has 3 aliphatic rings. The van der Waals surface area contributed by atoms with Crippen molar-refractivity contribution in [3.05, 3.63) is 101 Å². The average molecular weight is 1160 g/mol. The number of hydrogen-bond donors (Lipinski definition) is 5. The number of aliphatic hydroxyl groups excluding tert-OH is 1. The van der Waals surface area contributed by atoms with Crippen LogP contribution in [0.2, 0.25) is 0 Å². The smallest absolute Gasteiger partial charge is 0.407 e. The zero-order valence-corrected chi connectivity index (χ0v) is 44.6. The molecule has 4 amide bonds. The Labute approximate surface area is 458 Å². The van der Waals surface area contributed by atoms with Crippen LogP contribution in [-0.4, -0.2) is 157 Å². The first-order valence-corrected chi connectivity index (χ1v) is 25.3. The van der Waals surface area contributed by atoms with E-state index in [0.717, 1.165) is 71.7 Å². The highest BCUT2D eigenvalue weighted by Gasteiger charge is 2.57. The van der Waals surface area contributed by atoms with Gasteiger partial charge in [-0.05, 0) is 94.0 Å². The normalized spacial score (nSPS) is 18.5. The second kappa shape index (κ2) is 24.9. The van der Waals surface area contributed by atoms with E-state index in [4.69, 9.17) is 4.74 Å². The largest absolute Gasteiger partial charge is 0.453 e. The number of methoxy groups -OCH3 is 2. The summed E-state index contributed by atoms with van der Waals surface area (Å²) < 4.78 is 160. The summed E-state index contributed by atoms with van der Waals surface area (Å²) in [4.78, 5) is 62.3. The summed E-state index contributed by atoms with van der Waals surface area (Å²) in [5.74, 6) is 1.85. The lowest BCUT2D eigenvalue weighted by Gasteiger charge is -2.38. The lowest BCUT2D eigenvalue weighted by molar-refractivity contribution is -0.221. The first-order chi connectivity index (χ1) is 38.0. The third kappa shape index (κ3) is 14.5. The highest BCUT2D eigenvalue weighted by Crippen LogP contribution is 2.42. The van der Waals surface area contributed by atoms with Gasteiger partial charge in [-0.15, -0.1) is 0 Å². The molecule has 0 radical (unpaired) electrons. The average Bonchev–Trinajstić information content (AvgIpc) is 4.28. The van der Waals surface area contributed by atoms with E-state index in [2.05, 4.69) is 46.5 Å². The maximum Gasteiger partial charge on any atom is 0.407 e. The summed E-state index contributed by atoms with van der Waals surface area (Å²) in [6, 6.07) is 5.83. The van der Waals surface area contributed by atoms with Crippen molar-refractivity contribution in [2.75, 3.05) is 65.1 Å². The molecular weight excluding hydrogens is 1090 g/mol. The van der Waals surface area contributed by atoms with Crippen LogP contribution in [0.1, 0.15) is 56.5 Å². The van der Waals surface area contributed by atoms with E-state index >= 15 is 8.78 Å². The van der Waals surface area contributed by atoms with Crippen LogP contribution in [0.5, 0.6) is 0 Å². The van der Waals surface area contributed by atoms with E-state index < -0.39 is 115 Å².